The van der Waals surface area contributed by atoms with Crippen molar-refractivity contribution in [2.45, 2.75) is 33.4 Å². The fourth-order valence-electron chi connectivity index (χ4n) is 3.50. The number of aryl methyl sites for hydroxylation is 1. The van der Waals surface area contributed by atoms with E-state index < -0.39 is 0 Å². The monoisotopic (exact) mass is 385 g/mol. The van der Waals surface area contributed by atoms with E-state index >= 15 is 0 Å². The zero-order valence-corrected chi connectivity index (χ0v) is 17.3. The van der Waals surface area contributed by atoms with E-state index in [2.05, 4.69) is 53.1 Å². The molecule has 0 saturated carbocycles. The molecule has 0 spiro atoms. The predicted molar refractivity (Wildman–Crippen MR) is 112 cm³/mol. The molecule has 1 aliphatic rings. The molecule has 2 heterocycles. The summed E-state index contributed by atoms with van der Waals surface area (Å²) >= 11 is 0. The molecular formula is C21H31N5O2. The van der Waals surface area contributed by atoms with Gasteiger partial charge in [-0.25, -0.2) is 0 Å². The molecule has 1 fully saturated rings. The highest BCUT2D eigenvalue weighted by atomic mass is 16.5. The SMILES string of the molecule is COCCn1ccc(C(=O)Nc2cc(C)cc(N3CCN(C(C)C)CC3)c2)n1. The number of aromatic nitrogens is 2. The molecular weight excluding hydrogens is 354 g/mol. The van der Waals surface area contributed by atoms with Crippen molar-refractivity contribution in [2.24, 2.45) is 0 Å². The first-order valence-corrected chi connectivity index (χ1v) is 9.90. The van der Waals surface area contributed by atoms with Crippen LogP contribution in [0, 0.1) is 6.92 Å². The first-order chi connectivity index (χ1) is 13.5. The van der Waals surface area contributed by atoms with Gasteiger partial charge in [-0.3, -0.25) is 14.4 Å². The van der Waals surface area contributed by atoms with Gasteiger partial charge in [0.2, 0.25) is 0 Å². The Bertz CT molecular complexity index is 794. The first-order valence-electron chi connectivity index (χ1n) is 9.90. The molecule has 0 aliphatic carbocycles. The number of nitrogens with zero attached hydrogens (tertiary/aromatic N) is 4. The topological polar surface area (TPSA) is 62.6 Å². The second kappa shape index (κ2) is 9.21. The Kier molecular flexibility index (Phi) is 6.70. The molecule has 1 saturated heterocycles. The largest absolute Gasteiger partial charge is 0.383 e. The normalized spacial score (nSPS) is 15.2. The van der Waals surface area contributed by atoms with Crippen molar-refractivity contribution in [1.29, 1.82) is 0 Å². The highest BCUT2D eigenvalue weighted by Crippen LogP contribution is 2.24. The fraction of sp³-hybridized carbons (Fsp3) is 0.524. The number of hydrogen-bond donors (Lipinski definition) is 1. The van der Waals surface area contributed by atoms with Crippen LogP contribution < -0.4 is 10.2 Å². The molecule has 1 aromatic carbocycles. The average Bonchev–Trinajstić information content (AvgIpc) is 3.15. The van der Waals surface area contributed by atoms with E-state index in [1.54, 1.807) is 24.1 Å². The Hall–Kier alpha value is -2.38. The van der Waals surface area contributed by atoms with E-state index in [9.17, 15) is 4.79 Å². The van der Waals surface area contributed by atoms with Crippen molar-refractivity contribution in [3.63, 3.8) is 0 Å². The Labute approximate surface area is 167 Å². The second-order valence-corrected chi connectivity index (χ2v) is 7.58. The van der Waals surface area contributed by atoms with Crippen LogP contribution in [0.25, 0.3) is 0 Å². The van der Waals surface area contributed by atoms with E-state index in [1.165, 1.54) is 0 Å². The number of methoxy groups -OCH3 is 1. The van der Waals surface area contributed by atoms with Gasteiger partial charge in [-0.1, -0.05) is 0 Å². The van der Waals surface area contributed by atoms with Crippen LogP contribution in [0.2, 0.25) is 0 Å². The number of carbonyl (C=O) groups excluding carboxylic acids is 1. The van der Waals surface area contributed by atoms with Gasteiger partial charge in [0.05, 0.1) is 13.2 Å². The molecule has 2 aromatic rings. The molecule has 152 valence electrons. The van der Waals surface area contributed by atoms with E-state index in [4.69, 9.17) is 4.74 Å². The van der Waals surface area contributed by atoms with Crippen LogP contribution in [0.5, 0.6) is 0 Å². The summed E-state index contributed by atoms with van der Waals surface area (Å²) in [6.07, 6.45) is 1.80. The lowest BCUT2D eigenvalue weighted by molar-refractivity contribution is 0.102. The summed E-state index contributed by atoms with van der Waals surface area (Å²) in [7, 11) is 1.65. The van der Waals surface area contributed by atoms with Crippen LogP contribution in [0.4, 0.5) is 11.4 Å². The van der Waals surface area contributed by atoms with Crippen molar-refractivity contribution in [3.05, 3.63) is 41.7 Å². The van der Waals surface area contributed by atoms with Gasteiger partial charge in [0, 0.05) is 56.9 Å². The zero-order chi connectivity index (χ0) is 20.1. The Morgan fingerprint density at radius 3 is 2.64 bits per heavy atom. The van der Waals surface area contributed by atoms with Gasteiger partial charge >= 0.3 is 0 Å². The number of nitrogens with one attached hydrogen (secondary N) is 1. The molecule has 1 N–H and O–H groups in total. The average molecular weight is 386 g/mol. The van der Waals surface area contributed by atoms with Crippen molar-refractivity contribution >= 4 is 17.3 Å². The summed E-state index contributed by atoms with van der Waals surface area (Å²) in [5.74, 6) is -0.197. The second-order valence-electron chi connectivity index (χ2n) is 7.58. The Balaban J connectivity index is 1.66. The summed E-state index contributed by atoms with van der Waals surface area (Å²) in [6, 6.07) is 8.54. The van der Waals surface area contributed by atoms with Crippen LogP contribution in [0.1, 0.15) is 29.9 Å². The summed E-state index contributed by atoms with van der Waals surface area (Å²) < 4.78 is 6.76. The smallest absolute Gasteiger partial charge is 0.276 e. The van der Waals surface area contributed by atoms with E-state index in [1.807, 2.05) is 6.07 Å². The molecule has 7 nitrogen and oxygen atoms in total. The number of carbonyl (C=O) groups is 1. The summed E-state index contributed by atoms with van der Waals surface area (Å²) in [5.41, 5.74) is 3.50. The van der Waals surface area contributed by atoms with Crippen LogP contribution in [-0.4, -0.2) is 66.5 Å². The molecule has 0 radical (unpaired) electrons. The highest BCUT2D eigenvalue weighted by molar-refractivity contribution is 6.03. The first kappa shape index (κ1) is 20.4. The molecule has 1 aromatic heterocycles. The van der Waals surface area contributed by atoms with E-state index in [0.717, 1.165) is 43.1 Å². The van der Waals surface area contributed by atoms with Crippen molar-refractivity contribution in [2.75, 3.05) is 50.1 Å². The zero-order valence-electron chi connectivity index (χ0n) is 17.3. The van der Waals surface area contributed by atoms with Crippen LogP contribution >= 0.6 is 0 Å². The van der Waals surface area contributed by atoms with Crippen LogP contribution in [0.3, 0.4) is 0 Å². The van der Waals surface area contributed by atoms with Crippen molar-refractivity contribution < 1.29 is 9.53 Å². The van der Waals surface area contributed by atoms with Crippen LogP contribution in [-0.2, 0) is 11.3 Å². The van der Waals surface area contributed by atoms with E-state index in [0.29, 0.717) is 24.9 Å². The van der Waals surface area contributed by atoms with Gasteiger partial charge in [-0.15, -0.1) is 0 Å². The molecule has 7 heteroatoms. The van der Waals surface area contributed by atoms with Gasteiger partial charge < -0.3 is 15.0 Å². The number of ether oxygens (including phenoxy) is 1. The summed E-state index contributed by atoms with van der Waals surface area (Å²) in [4.78, 5) is 17.5. The van der Waals surface area contributed by atoms with Crippen molar-refractivity contribution in [3.8, 4) is 0 Å². The quantitative estimate of drug-likeness (QED) is 0.794. The molecule has 1 amide bonds. The molecule has 28 heavy (non-hydrogen) atoms. The van der Waals surface area contributed by atoms with Crippen molar-refractivity contribution in [1.82, 2.24) is 14.7 Å². The summed E-state index contributed by atoms with van der Waals surface area (Å²) in [6.45, 7) is 11.9. The lowest BCUT2D eigenvalue weighted by Crippen LogP contribution is -2.48. The van der Waals surface area contributed by atoms with Gasteiger partial charge in [-0.05, 0) is 50.6 Å². The highest BCUT2D eigenvalue weighted by Gasteiger charge is 2.20. The number of piperazine rings is 1. The standard InChI is InChI=1S/C21H31N5O2/c1-16(2)24-7-9-25(10-8-24)19-14-17(3)13-18(15-19)22-21(27)20-5-6-26(23-20)11-12-28-4/h5-6,13-16H,7-12H2,1-4H3,(H,22,27). The number of rotatable bonds is 7. The molecule has 0 bridgehead atoms. The minimum atomic E-state index is -0.197. The van der Waals surface area contributed by atoms with Gasteiger partial charge in [0.15, 0.2) is 5.69 Å². The Morgan fingerprint density at radius 2 is 1.96 bits per heavy atom. The number of amides is 1. The minimum Gasteiger partial charge on any atom is -0.383 e. The lowest BCUT2D eigenvalue weighted by Gasteiger charge is -2.38. The number of anilines is 2. The lowest BCUT2D eigenvalue weighted by atomic mass is 10.1. The van der Waals surface area contributed by atoms with E-state index in [-0.39, 0.29) is 5.91 Å². The molecule has 1 aliphatic heterocycles. The molecule has 0 unspecified atom stereocenters. The number of benzene rings is 1. The van der Waals surface area contributed by atoms with Gasteiger partial charge in [0.25, 0.3) is 5.91 Å². The minimum absolute atomic E-state index is 0.197. The third-order valence-electron chi connectivity index (χ3n) is 5.13. The van der Waals surface area contributed by atoms with Crippen LogP contribution in [0.15, 0.2) is 30.5 Å². The predicted octanol–water partition coefficient (Wildman–Crippen LogP) is 2.62. The molecule has 0 atom stereocenters. The van der Waals surface area contributed by atoms with Gasteiger partial charge in [0.1, 0.15) is 0 Å². The third kappa shape index (κ3) is 5.11. The maximum absolute atomic E-state index is 12.6. The summed E-state index contributed by atoms with van der Waals surface area (Å²) in [5, 5.41) is 7.30. The Morgan fingerprint density at radius 1 is 1.21 bits per heavy atom. The van der Waals surface area contributed by atoms with Gasteiger partial charge in [-0.2, -0.15) is 5.10 Å². The number of hydrogen-bond acceptors (Lipinski definition) is 5. The molecule has 3 rings (SSSR count). The maximum Gasteiger partial charge on any atom is 0.276 e. The maximum atomic E-state index is 12.6. The fourth-order valence-corrected chi connectivity index (χ4v) is 3.50. The third-order valence-corrected chi connectivity index (χ3v) is 5.13.